The van der Waals surface area contributed by atoms with Crippen molar-refractivity contribution in [3.05, 3.63) is 33.3 Å². The zero-order valence-electron chi connectivity index (χ0n) is 14.9. The molecule has 1 atom stereocenters. The van der Waals surface area contributed by atoms with E-state index >= 15 is 0 Å². The Morgan fingerprint density at radius 2 is 1.88 bits per heavy atom. The van der Waals surface area contributed by atoms with Gasteiger partial charge in [-0.05, 0) is 41.5 Å². The molecule has 9 heteroatoms. The average Bonchev–Trinajstić information content (AvgIpc) is 2.53. The van der Waals surface area contributed by atoms with Crippen LogP contribution in [0.25, 0.3) is 0 Å². The fraction of sp³-hybridized carbons (Fsp3) is 0.529. The monoisotopic (exact) mass is 420 g/mol. The third-order valence-electron chi connectivity index (χ3n) is 4.26. The van der Waals surface area contributed by atoms with E-state index < -0.39 is 16.3 Å². The standard InChI is InChI=1S/C17H22Cl2N2O4S/c1-17(2,3)8-15(21(23)10-22)16(26(24)25)20-5-4-11-6-13(18)14(19)7-12(11)9-20/h6-7,10,15,23H,4-5,8-9H2,1-3H3. The summed E-state index contributed by atoms with van der Waals surface area (Å²) in [6.07, 6.45) is 1.11. The lowest BCUT2D eigenvalue weighted by Gasteiger charge is -2.36. The van der Waals surface area contributed by atoms with Gasteiger partial charge in [0.25, 0.3) is 0 Å². The highest BCUT2D eigenvalue weighted by atomic mass is 35.5. The molecule has 0 spiro atoms. The van der Waals surface area contributed by atoms with E-state index in [1.54, 1.807) is 17.0 Å². The van der Waals surface area contributed by atoms with Gasteiger partial charge in [-0.15, -0.1) is 0 Å². The first-order chi connectivity index (χ1) is 12.0. The van der Waals surface area contributed by atoms with Crippen LogP contribution < -0.4 is 0 Å². The van der Waals surface area contributed by atoms with E-state index in [-0.39, 0.29) is 23.2 Å². The van der Waals surface area contributed by atoms with Gasteiger partial charge in [0, 0.05) is 13.1 Å². The number of amides is 1. The van der Waals surface area contributed by atoms with Crippen molar-refractivity contribution in [2.45, 2.75) is 46.2 Å². The van der Waals surface area contributed by atoms with Crippen molar-refractivity contribution in [2.75, 3.05) is 6.54 Å². The van der Waals surface area contributed by atoms with Gasteiger partial charge < -0.3 is 0 Å². The molecule has 0 fully saturated rings. The van der Waals surface area contributed by atoms with E-state index in [2.05, 4.69) is 0 Å². The zero-order chi connectivity index (χ0) is 19.6. The number of rotatable bonds is 4. The first-order valence-corrected chi connectivity index (χ1v) is 9.97. The summed E-state index contributed by atoms with van der Waals surface area (Å²) in [7, 11) is -2.60. The molecule has 1 N–H and O–H groups in total. The third kappa shape index (κ3) is 4.98. The van der Waals surface area contributed by atoms with Crippen LogP contribution in [0.4, 0.5) is 0 Å². The summed E-state index contributed by atoms with van der Waals surface area (Å²) in [4.78, 5) is 12.8. The molecular weight excluding hydrogens is 399 g/mol. The van der Waals surface area contributed by atoms with Gasteiger partial charge in [0.05, 0.1) is 10.0 Å². The quantitative estimate of drug-likeness (QED) is 0.350. The Kier molecular flexibility index (Phi) is 6.74. The van der Waals surface area contributed by atoms with Crippen LogP contribution in [0.5, 0.6) is 0 Å². The normalized spacial score (nSPS) is 15.9. The van der Waals surface area contributed by atoms with Gasteiger partial charge in [0.1, 0.15) is 11.0 Å². The number of hydroxylamine groups is 2. The van der Waals surface area contributed by atoms with Crippen molar-refractivity contribution < 1.29 is 18.4 Å². The minimum Gasteiger partial charge on any atom is -0.285 e. The second-order valence-corrected chi connectivity index (χ2v) is 9.25. The Hall–Kier alpha value is -1.12. The maximum absolute atomic E-state index is 12.0. The van der Waals surface area contributed by atoms with Gasteiger partial charge in [0.15, 0.2) is 0 Å². The van der Waals surface area contributed by atoms with Crippen molar-refractivity contribution in [3.8, 4) is 0 Å². The molecule has 1 aromatic carbocycles. The van der Waals surface area contributed by atoms with Crippen molar-refractivity contribution >= 4 is 44.9 Å². The molecular formula is C17H22Cl2N2O4S. The number of carbonyl (C=O) groups is 1. The number of fused-ring (bicyclic) bond motifs is 1. The molecule has 0 bridgehead atoms. The number of hydrogen-bond acceptors (Lipinski definition) is 4. The molecule has 1 heterocycles. The van der Waals surface area contributed by atoms with Crippen LogP contribution in [0.15, 0.2) is 12.1 Å². The van der Waals surface area contributed by atoms with Crippen LogP contribution in [0.1, 0.15) is 38.3 Å². The second-order valence-electron chi connectivity index (χ2n) is 7.55. The number of halogens is 2. The third-order valence-corrected chi connectivity index (χ3v) is 5.85. The predicted octanol–water partition coefficient (Wildman–Crippen LogP) is 3.01. The topological polar surface area (TPSA) is 77.9 Å². The summed E-state index contributed by atoms with van der Waals surface area (Å²) >= 11 is 12.1. The number of nitrogens with zero attached hydrogens (tertiary/aromatic N) is 2. The first kappa shape index (κ1) is 21.2. The van der Waals surface area contributed by atoms with Crippen molar-refractivity contribution in [1.29, 1.82) is 0 Å². The molecule has 0 aliphatic carbocycles. The maximum atomic E-state index is 12.0. The Morgan fingerprint density at radius 3 is 2.38 bits per heavy atom. The summed E-state index contributed by atoms with van der Waals surface area (Å²) < 4.78 is 24.0. The lowest BCUT2D eigenvalue weighted by atomic mass is 9.87. The lowest BCUT2D eigenvalue weighted by molar-refractivity contribution is -0.156. The second kappa shape index (κ2) is 8.27. The Labute approximate surface area is 164 Å². The molecule has 6 nitrogen and oxygen atoms in total. The summed E-state index contributed by atoms with van der Waals surface area (Å²) in [6.45, 7) is 6.48. The minimum atomic E-state index is -2.60. The zero-order valence-corrected chi connectivity index (χ0v) is 17.2. The maximum Gasteiger partial charge on any atom is 0.233 e. The molecule has 0 saturated heterocycles. The van der Waals surface area contributed by atoms with Gasteiger partial charge in [-0.25, -0.2) is 5.06 Å². The SMILES string of the molecule is CC(C)(C)CC(C(N1CCc2cc(Cl)c(Cl)cc2C1)=S(=O)=O)N(O)C=O. The van der Waals surface area contributed by atoms with E-state index in [4.69, 9.17) is 23.2 Å². The largest absolute Gasteiger partial charge is 0.285 e. The average molecular weight is 421 g/mol. The Morgan fingerprint density at radius 1 is 1.31 bits per heavy atom. The van der Waals surface area contributed by atoms with Gasteiger partial charge in [0.2, 0.25) is 16.7 Å². The van der Waals surface area contributed by atoms with Gasteiger partial charge in [-0.2, -0.15) is 8.42 Å². The molecule has 1 amide bonds. The number of benzene rings is 1. The van der Waals surface area contributed by atoms with Crippen LogP contribution in [0, 0.1) is 5.41 Å². The van der Waals surface area contributed by atoms with E-state index in [9.17, 15) is 18.4 Å². The fourth-order valence-electron chi connectivity index (χ4n) is 3.11. The fourth-order valence-corrected chi connectivity index (χ4v) is 4.26. The van der Waals surface area contributed by atoms with E-state index in [1.807, 2.05) is 20.8 Å². The lowest BCUT2D eigenvalue weighted by Crippen LogP contribution is -2.50. The highest BCUT2D eigenvalue weighted by molar-refractivity contribution is 7.73. The number of carbonyl (C=O) groups excluding carboxylic acids is 1. The molecule has 1 aliphatic heterocycles. The van der Waals surface area contributed by atoms with Crippen LogP contribution in [-0.4, -0.2) is 47.6 Å². The highest BCUT2D eigenvalue weighted by Crippen LogP contribution is 2.31. The molecule has 0 radical (unpaired) electrons. The molecule has 2 rings (SSSR count). The summed E-state index contributed by atoms with van der Waals surface area (Å²) in [6, 6.07) is 2.56. The van der Waals surface area contributed by atoms with E-state index in [1.165, 1.54) is 0 Å². The molecule has 144 valence electrons. The van der Waals surface area contributed by atoms with E-state index in [0.29, 0.717) is 34.6 Å². The smallest absolute Gasteiger partial charge is 0.233 e. The molecule has 1 unspecified atom stereocenters. The first-order valence-electron chi connectivity index (χ1n) is 8.14. The summed E-state index contributed by atoms with van der Waals surface area (Å²) in [5, 5.41) is 11.3. The van der Waals surface area contributed by atoms with Crippen molar-refractivity contribution in [2.24, 2.45) is 5.41 Å². The predicted molar refractivity (Wildman–Crippen MR) is 102 cm³/mol. The van der Waals surface area contributed by atoms with Gasteiger partial charge >= 0.3 is 0 Å². The van der Waals surface area contributed by atoms with Crippen LogP contribution in [-0.2, 0) is 28.1 Å². The van der Waals surface area contributed by atoms with Crippen molar-refractivity contribution in [1.82, 2.24) is 9.96 Å². The Balaban J connectivity index is 2.42. The van der Waals surface area contributed by atoms with E-state index in [0.717, 1.165) is 11.1 Å². The van der Waals surface area contributed by atoms with Crippen LogP contribution in [0.3, 0.4) is 0 Å². The minimum absolute atomic E-state index is 0.00810. The van der Waals surface area contributed by atoms with Gasteiger partial charge in [-0.3, -0.25) is 14.9 Å². The molecule has 1 aromatic rings. The molecule has 26 heavy (non-hydrogen) atoms. The van der Waals surface area contributed by atoms with Crippen LogP contribution in [0.2, 0.25) is 10.0 Å². The highest BCUT2D eigenvalue weighted by Gasteiger charge is 2.34. The van der Waals surface area contributed by atoms with Crippen molar-refractivity contribution in [3.63, 3.8) is 0 Å². The molecule has 0 saturated carbocycles. The van der Waals surface area contributed by atoms with Crippen LogP contribution >= 0.6 is 23.2 Å². The number of hydrogen-bond donors (Lipinski definition) is 1. The molecule has 0 aromatic heterocycles. The van der Waals surface area contributed by atoms with Gasteiger partial charge in [-0.1, -0.05) is 44.0 Å². The molecule has 1 aliphatic rings. The summed E-state index contributed by atoms with van der Waals surface area (Å²) in [5.41, 5.74) is 1.58. The Bertz CT molecular complexity index is 826. The summed E-state index contributed by atoms with van der Waals surface area (Å²) in [5.74, 6) is 0.